The van der Waals surface area contributed by atoms with Gasteiger partial charge >= 0.3 is 11.8 Å². The molecule has 1 aromatic carbocycles. The number of ether oxygens (including phenoxy) is 2. The predicted molar refractivity (Wildman–Crippen MR) is 89.1 cm³/mol. The average molecular weight is 354 g/mol. The molecular weight excluding hydrogens is 331 g/mol. The molecule has 1 aliphatic heterocycles. The van der Waals surface area contributed by atoms with Crippen molar-refractivity contribution >= 4 is 11.8 Å². The highest BCUT2D eigenvalue weighted by atomic mass is 19.1. The second-order valence-electron chi connectivity index (χ2n) is 7.07. The number of hydrogen-bond acceptors (Lipinski definition) is 5. The average Bonchev–Trinajstić information content (AvgIpc) is 2.51. The van der Waals surface area contributed by atoms with Crippen LogP contribution in [0.25, 0.3) is 0 Å². The molecule has 1 aromatic rings. The Bertz CT molecular complexity index is 636. The van der Waals surface area contributed by atoms with Crippen LogP contribution in [0.1, 0.15) is 33.6 Å². The molecule has 1 heterocycles. The van der Waals surface area contributed by atoms with Crippen LogP contribution in [-0.2, 0) is 4.74 Å². The van der Waals surface area contributed by atoms with Crippen molar-refractivity contribution < 1.29 is 23.6 Å². The van der Waals surface area contributed by atoms with E-state index < -0.39 is 22.0 Å². The van der Waals surface area contributed by atoms with Gasteiger partial charge in [0.1, 0.15) is 5.60 Å². The first-order valence-electron chi connectivity index (χ1n) is 8.21. The lowest BCUT2D eigenvalue weighted by Gasteiger charge is -2.33. The number of nitro groups is 1. The van der Waals surface area contributed by atoms with E-state index in [1.165, 1.54) is 12.1 Å². The highest BCUT2D eigenvalue weighted by Crippen LogP contribution is 2.30. The van der Waals surface area contributed by atoms with Crippen LogP contribution in [0.4, 0.5) is 14.9 Å². The molecule has 0 saturated carbocycles. The molecule has 1 saturated heterocycles. The Morgan fingerprint density at radius 3 is 2.56 bits per heavy atom. The molecule has 0 radical (unpaired) electrons. The number of benzene rings is 1. The molecule has 0 N–H and O–H groups in total. The lowest BCUT2D eigenvalue weighted by molar-refractivity contribution is -0.388. The van der Waals surface area contributed by atoms with Gasteiger partial charge in [0.2, 0.25) is 5.82 Å². The van der Waals surface area contributed by atoms with Crippen LogP contribution >= 0.6 is 0 Å². The molecule has 2 rings (SSSR count). The van der Waals surface area contributed by atoms with Crippen molar-refractivity contribution in [1.29, 1.82) is 0 Å². The zero-order valence-electron chi connectivity index (χ0n) is 14.7. The van der Waals surface area contributed by atoms with Gasteiger partial charge in [-0.2, -0.15) is 4.39 Å². The summed E-state index contributed by atoms with van der Waals surface area (Å²) in [5, 5.41) is 11.0. The van der Waals surface area contributed by atoms with E-state index in [9.17, 15) is 19.3 Å². The normalized spacial score (nSPS) is 15.8. The van der Waals surface area contributed by atoms with Gasteiger partial charge in [0.15, 0.2) is 5.75 Å². The SMILES string of the molecule is CC(C)(C)OC(=O)N1CCC(COc2cccc(F)c2[N+](=O)[O-])CC1. The lowest BCUT2D eigenvalue weighted by Crippen LogP contribution is -2.42. The second kappa shape index (κ2) is 7.67. The summed E-state index contributed by atoms with van der Waals surface area (Å²) in [6.07, 6.45) is 1.05. The molecule has 1 aliphatic rings. The van der Waals surface area contributed by atoms with E-state index in [0.717, 1.165) is 6.07 Å². The second-order valence-corrected chi connectivity index (χ2v) is 7.07. The summed E-state index contributed by atoms with van der Waals surface area (Å²) >= 11 is 0. The highest BCUT2D eigenvalue weighted by molar-refractivity contribution is 5.68. The summed E-state index contributed by atoms with van der Waals surface area (Å²) in [5.41, 5.74) is -1.18. The molecular formula is C17H23FN2O5. The third kappa shape index (κ3) is 5.30. The Labute approximate surface area is 145 Å². The van der Waals surface area contributed by atoms with Crippen molar-refractivity contribution in [2.75, 3.05) is 19.7 Å². The summed E-state index contributed by atoms with van der Waals surface area (Å²) in [4.78, 5) is 23.8. The Morgan fingerprint density at radius 2 is 2.00 bits per heavy atom. The van der Waals surface area contributed by atoms with Crippen LogP contribution in [-0.4, -0.2) is 41.2 Å². The monoisotopic (exact) mass is 354 g/mol. The number of likely N-dealkylation sites (tertiary alicyclic amines) is 1. The minimum absolute atomic E-state index is 0.0698. The first-order chi connectivity index (χ1) is 11.7. The van der Waals surface area contributed by atoms with E-state index in [2.05, 4.69) is 0 Å². The third-order valence-electron chi connectivity index (χ3n) is 3.87. The number of hydrogen-bond donors (Lipinski definition) is 0. The highest BCUT2D eigenvalue weighted by Gasteiger charge is 2.28. The van der Waals surface area contributed by atoms with Gasteiger partial charge in [-0.15, -0.1) is 0 Å². The van der Waals surface area contributed by atoms with Gasteiger partial charge in [-0.1, -0.05) is 6.07 Å². The molecule has 0 unspecified atom stereocenters. The van der Waals surface area contributed by atoms with E-state index in [-0.39, 0.29) is 24.4 Å². The number of carbonyl (C=O) groups is 1. The van der Waals surface area contributed by atoms with Gasteiger partial charge in [-0.25, -0.2) is 4.79 Å². The van der Waals surface area contributed by atoms with Crippen LogP contribution < -0.4 is 4.74 Å². The fourth-order valence-corrected chi connectivity index (χ4v) is 2.61. The van der Waals surface area contributed by atoms with Crippen molar-refractivity contribution in [3.05, 3.63) is 34.1 Å². The molecule has 0 aromatic heterocycles. The maximum absolute atomic E-state index is 13.6. The summed E-state index contributed by atoms with van der Waals surface area (Å²) in [6, 6.07) is 3.80. The van der Waals surface area contributed by atoms with Crippen molar-refractivity contribution in [3.63, 3.8) is 0 Å². The molecule has 7 nitrogen and oxygen atoms in total. The van der Waals surface area contributed by atoms with E-state index in [0.29, 0.717) is 25.9 Å². The summed E-state index contributed by atoms with van der Waals surface area (Å²) in [5.74, 6) is -0.844. The Hall–Kier alpha value is -2.38. The number of nitro benzene ring substituents is 1. The van der Waals surface area contributed by atoms with Crippen LogP contribution in [0.15, 0.2) is 18.2 Å². The van der Waals surface area contributed by atoms with Crippen molar-refractivity contribution in [2.45, 2.75) is 39.2 Å². The Kier molecular flexibility index (Phi) is 5.81. The minimum Gasteiger partial charge on any atom is -0.486 e. The topological polar surface area (TPSA) is 81.9 Å². The number of amides is 1. The van der Waals surface area contributed by atoms with Gasteiger partial charge in [-0.05, 0) is 51.7 Å². The maximum atomic E-state index is 13.6. The number of nitrogens with zero attached hydrogens (tertiary/aromatic N) is 2. The molecule has 1 fully saturated rings. The summed E-state index contributed by atoms with van der Waals surface area (Å²) < 4.78 is 24.4. The van der Waals surface area contributed by atoms with Crippen molar-refractivity contribution in [2.24, 2.45) is 5.92 Å². The van der Waals surface area contributed by atoms with Gasteiger partial charge < -0.3 is 14.4 Å². The number of para-hydroxylation sites is 1. The molecule has 0 spiro atoms. The van der Waals surface area contributed by atoms with Crippen molar-refractivity contribution in [3.8, 4) is 5.75 Å². The molecule has 0 aliphatic carbocycles. The first kappa shape index (κ1) is 19.0. The summed E-state index contributed by atoms with van der Waals surface area (Å²) in [6.45, 7) is 6.76. The molecule has 138 valence electrons. The number of carbonyl (C=O) groups excluding carboxylic acids is 1. The number of halogens is 1. The van der Waals surface area contributed by atoms with Crippen LogP contribution in [0.3, 0.4) is 0 Å². The van der Waals surface area contributed by atoms with Crippen LogP contribution in [0, 0.1) is 21.8 Å². The van der Waals surface area contributed by atoms with E-state index in [1.54, 1.807) is 4.90 Å². The molecule has 8 heteroatoms. The van der Waals surface area contributed by atoms with Gasteiger partial charge in [0.05, 0.1) is 11.5 Å². The van der Waals surface area contributed by atoms with E-state index >= 15 is 0 Å². The van der Waals surface area contributed by atoms with Crippen LogP contribution in [0.5, 0.6) is 5.75 Å². The van der Waals surface area contributed by atoms with Gasteiger partial charge in [-0.3, -0.25) is 10.1 Å². The number of rotatable bonds is 4. The number of piperidine rings is 1. The lowest BCUT2D eigenvalue weighted by atomic mass is 9.98. The Morgan fingerprint density at radius 1 is 1.36 bits per heavy atom. The third-order valence-corrected chi connectivity index (χ3v) is 3.87. The van der Waals surface area contributed by atoms with Crippen LogP contribution in [0.2, 0.25) is 0 Å². The van der Waals surface area contributed by atoms with Crippen molar-refractivity contribution in [1.82, 2.24) is 4.90 Å². The van der Waals surface area contributed by atoms with E-state index in [1.807, 2.05) is 20.8 Å². The van der Waals surface area contributed by atoms with Gasteiger partial charge in [0.25, 0.3) is 0 Å². The molecule has 0 bridgehead atoms. The van der Waals surface area contributed by atoms with Gasteiger partial charge in [0, 0.05) is 13.1 Å². The zero-order valence-corrected chi connectivity index (χ0v) is 14.7. The molecule has 1 amide bonds. The standard InChI is InChI=1S/C17H23FN2O5/c1-17(2,3)25-16(21)19-9-7-12(8-10-19)11-24-14-6-4-5-13(18)15(14)20(22)23/h4-6,12H,7-11H2,1-3H3. The maximum Gasteiger partial charge on any atom is 0.410 e. The van der Waals surface area contributed by atoms with E-state index in [4.69, 9.17) is 9.47 Å². The fourth-order valence-electron chi connectivity index (χ4n) is 2.61. The minimum atomic E-state index is -0.915. The fraction of sp³-hybridized carbons (Fsp3) is 0.588. The summed E-state index contributed by atoms with van der Waals surface area (Å²) in [7, 11) is 0. The zero-order chi connectivity index (χ0) is 18.6. The Balaban J connectivity index is 1.86. The predicted octanol–water partition coefficient (Wildman–Crippen LogP) is 3.76. The first-order valence-corrected chi connectivity index (χ1v) is 8.21. The largest absolute Gasteiger partial charge is 0.486 e. The molecule has 25 heavy (non-hydrogen) atoms. The molecule has 0 atom stereocenters. The smallest absolute Gasteiger partial charge is 0.410 e. The quantitative estimate of drug-likeness (QED) is 0.607.